The second-order valence-electron chi connectivity index (χ2n) is 4.55. The van der Waals surface area contributed by atoms with Gasteiger partial charge in [0.15, 0.2) is 5.65 Å². The third-order valence-corrected chi connectivity index (χ3v) is 2.95. The zero-order chi connectivity index (χ0) is 14.8. The van der Waals surface area contributed by atoms with Gasteiger partial charge in [-0.3, -0.25) is 4.68 Å². The first kappa shape index (κ1) is 13.3. The van der Waals surface area contributed by atoms with Crippen molar-refractivity contribution >= 4 is 16.9 Å². The lowest BCUT2D eigenvalue weighted by atomic mass is 10.4. The Morgan fingerprint density at radius 2 is 2.14 bits per heavy atom. The highest BCUT2D eigenvalue weighted by atomic mass is 16.6. The predicted octanol–water partition coefficient (Wildman–Crippen LogP) is 0.854. The van der Waals surface area contributed by atoms with Crippen LogP contribution in [0.2, 0.25) is 0 Å². The molecule has 0 amide bonds. The largest absolute Gasteiger partial charge is 0.472 e. The van der Waals surface area contributed by atoms with Gasteiger partial charge in [-0.15, -0.1) is 0 Å². The van der Waals surface area contributed by atoms with Gasteiger partial charge in [-0.1, -0.05) is 5.16 Å². The van der Waals surface area contributed by atoms with Crippen molar-refractivity contribution in [1.29, 1.82) is 0 Å². The maximum atomic E-state index is 5.45. The molecule has 9 nitrogen and oxygen atoms in total. The second-order valence-corrected chi connectivity index (χ2v) is 4.55. The van der Waals surface area contributed by atoms with Crippen LogP contribution in [0.5, 0.6) is 5.88 Å². The number of aryl methyl sites for hydroxylation is 3. The van der Waals surface area contributed by atoms with E-state index >= 15 is 0 Å². The molecular weight excluding hydrogens is 274 g/mol. The summed E-state index contributed by atoms with van der Waals surface area (Å²) in [7, 11) is 1.85. The van der Waals surface area contributed by atoms with Crippen molar-refractivity contribution in [2.75, 3.05) is 18.5 Å². The van der Waals surface area contributed by atoms with Crippen LogP contribution < -0.4 is 10.1 Å². The Morgan fingerprint density at radius 1 is 1.29 bits per heavy atom. The van der Waals surface area contributed by atoms with Crippen LogP contribution in [0.15, 0.2) is 10.8 Å². The summed E-state index contributed by atoms with van der Waals surface area (Å²) in [5.41, 5.74) is 1.42. The van der Waals surface area contributed by atoms with E-state index in [1.54, 1.807) is 17.8 Å². The van der Waals surface area contributed by atoms with Crippen LogP contribution in [-0.4, -0.2) is 43.2 Å². The average molecular weight is 289 g/mol. The molecule has 0 spiro atoms. The highest BCUT2D eigenvalue weighted by molar-refractivity contribution is 5.86. The third kappa shape index (κ3) is 2.62. The fourth-order valence-corrected chi connectivity index (χ4v) is 1.94. The lowest BCUT2D eigenvalue weighted by Crippen LogP contribution is -2.13. The van der Waals surface area contributed by atoms with Gasteiger partial charge in [0.2, 0.25) is 0 Å². The molecule has 0 aliphatic rings. The van der Waals surface area contributed by atoms with E-state index in [4.69, 9.17) is 4.74 Å². The molecule has 110 valence electrons. The lowest BCUT2D eigenvalue weighted by molar-refractivity contribution is 0.261. The van der Waals surface area contributed by atoms with Crippen LogP contribution in [0.1, 0.15) is 11.5 Å². The van der Waals surface area contributed by atoms with Crippen LogP contribution in [-0.2, 0) is 7.05 Å². The monoisotopic (exact) mass is 289 g/mol. The fraction of sp³-hybridized carbons (Fsp3) is 0.417. The average Bonchev–Trinajstić information content (AvgIpc) is 3.02. The molecule has 0 aliphatic heterocycles. The molecule has 21 heavy (non-hydrogen) atoms. The first-order valence-electron chi connectivity index (χ1n) is 6.47. The number of aromatic nitrogens is 6. The number of hydrogen-bond donors (Lipinski definition) is 1. The first-order chi connectivity index (χ1) is 10.1. The van der Waals surface area contributed by atoms with E-state index in [2.05, 4.69) is 35.3 Å². The quantitative estimate of drug-likeness (QED) is 0.689. The standard InChI is InChI=1S/C12H15N7O2/c1-7-12(18-21-17-7)20-5-4-13-10-9-6-14-19(3)11(9)16-8(2)15-10/h6H,4-5H2,1-3H3,(H,13,15,16). The summed E-state index contributed by atoms with van der Waals surface area (Å²) < 4.78 is 11.7. The van der Waals surface area contributed by atoms with E-state index in [1.165, 1.54) is 0 Å². The molecule has 0 atom stereocenters. The molecule has 0 saturated carbocycles. The first-order valence-corrected chi connectivity index (χ1v) is 6.47. The normalized spacial score (nSPS) is 11.0. The summed E-state index contributed by atoms with van der Waals surface area (Å²) in [4.78, 5) is 8.75. The van der Waals surface area contributed by atoms with Crippen molar-refractivity contribution in [2.24, 2.45) is 7.05 Å². The Labute approximate surface area is 120 Å². The summed E-state index contributed by atoms with van der Waals surface area (Å²) in [5.74, 6) is 1.83. The number of fused-ring (bicyclic) bond motifs is 1. The third-order valence-electron chi connectivity index (χ3n) is 2.95. The molecule has 3 aromatic rings. The van der Waals surface area contributed by atoms with Crippen LogP contribution in [0.25, 0.3) is 11.0 Å². The topological polar surface area (TPSA) is 104 Å². The van der Waals surface area contributed by atoms with Crippen LogP contribution in [0.4, 0.5) is 5.82 Å². The predicted molar refractivity (Wildman–Crippen MR) is 74.1 cm³/mol. The molecule has 0 saturated heterocycles. The summed E-state index contributed by atoms with van der Waals surface area (Å²) in [6.07, 6.45) is 1.74. The van der Waals surface area contributed by atoms with Crippen molar-refractivity contribution in [2.45, 2.75) is 13.8 Å². The zero-order valence-electron chi connectivity index (χ0n) is 12.0. The van der Waals surface area contributed by atoms with E-state index in [0.717, 1.165) is 16.9 Å². The Morgan fingerprint density at radius 3 is 2.90 bits per heavy atom. The minimum absolute atomic E-state index is 0.405. The molecule has 9 heteroatoms. The lowest BCUT2D eigenvalue weighted by Gasteiger charge is -2.07. The molecule has 3 rings (SSSR count). The van der Waals surface area contributed by atoms with Gasteiger partial charge in [-0.05, 0) is 19.0 Å². The summed E-state index contributed by atoms with van der Waals surface area (Å²) in [5, 5.41) is 15.6. The molecule has 0 bridgehead atoms. The van der Waals surface area contributed by atoms with Gasteiger partial charge in [-0.2, -0.15) is 5.10 Å². The number of nitrogens with one attached hydrogen (secondary N) is 1. The van der Waals surface area contributed by atoms with E-state index in [0.29, 0.717) is 30.5 Å². The molecule has 1 N–H and O–H groups in total. The Kier molecular flexibility index (Phi) is 3.38. The summed E-state index contributed by atoms with van der Waals surface area (Å²) >= 11 is 0. The second kappa shape index (κ2) is 5.35. The zero-order valence-corrected chi connectivity index (χ0v) is 12.0. The van der Waals surface area contributed by atoms with Crippen molar-refractivity contribution in [3.63, 3.8) is 0 Å². The molecule has 3 aromatic heterocycles. The van der Waals surface area contributed by atoms with Crippen LogP contribution >= 0.6 is 0 Å². The minimum atomic E-state index is 0.405. The summed E-state index contributed by atoms with van der Waals surface area (Å²) in [6, 6.07) is 0. The van der Waals surface area contributed by atoms with E-state index in [9.17, 15) is 0 Å². The molecule has 0 aromatic carbocycles. The smallest absolute Gasteiger partial charge is 0.278 e. The van der Waals surface area contributed by atoms with Crippen molar-refractivity contribution in [3.05, 3.63) is 17.7 Å². The van der Waals surface area contributed by atoms with Gasteiger partial charge in [-0.25, -0.2) is 14.6 Å². The van der Waals surface area contributed by atoms with Gasteiger partial charge in [0.05, 0.1) is 18.1 Å². The van der Waals surface area contributed by atoms with Crippen LogP contribution in [0, 0.1) is 13.8 Å². The van der Waals surface area contributed by atoms with Crippen molar-refractivity contribution in [1.82, 2.24) is 30.1 Å². The van der Waals surface area contributed by atoms with Crippen molar-refractivity contribution in [3.8, 4) is 5.88 Å². The van der Waals surface area contributed by atoms with E-state index < -0.39 is 0 Å². The number of rotatable bonds is 5. The number of nitrogens with zero attached hydrogens (tertiary/aromatic N) is 6. The van der Waals surface area contributed by atoms with E-state index in [1.807, 2.05) is 14.0 Å². The van der Waals surface area contributed by atoms with Gasteiger partial charge in [0.25, 0.3) is 5.88 Å². The number of hydrogen-bond acceptors (Lipinski definition) is 8. The maximum absolute atomic E-state index is 5.45. The van der Waals surface area contributed by atoms with Gasteiger partial charge < -0.3 is 10.1 Å². The minimum Gasteiger partial charge on any atom is -0.472 e. The van der Waals surface area contributed by atoms with Crippen LogP contribution in [0.3, 0.4) is 0 Å². The SMILES string of the molecule is Cc1nc(NCCOc2nonc2C)c2cnn(C)c2n1. The van der Waals surface area contributed by atoms with Gasteiger partial charge >= 0.3 is 0 Å². The van der Waals surface area contributed by atoms with Crippen molar-refractivity contribution < 1.29 is 9.37 Å². The fourth-order valence-electron chi connectivity index (χ4n) is 1.94. The van der Waals surface area contributed by atoms with E-state index in [-0.39, 0.29) is 0 Å². The van der Waals surface area contributed by atoms with Gasteiger partial charge in [0.1, 0.15) is 23.9 Å². The Hall–Kier alpha value is -2.71. The Bertz CT molecular complexity index is 764. The highest BCUT2D eigenvalue weighted by Gasteiger charge is 2.10. The number of anilines is 1. The highest BCUT2D eigenvalue weighted by Crippen LogP contribution is 2.19. The number of ether oxygens (including phenoxy) is 1. The Balaban J connectivity index is 1.67. The maximum Gasteiger partial charge on any atom is 0.278 e. The molecule has 0 unspecified atom stereocenters. The molecule has 0 radical (unpaired) electrons. The summed E-state index contributed by atoms with van der Waals surface area (Å²) in [6.45, 7) is 4.59. The molecule has 0 aliphatic carbocycles. The molecular formula is C12H15N7O2. The molecule has 0 fully saturated rings. The van der Waals surface area contributed by atoms with Gasteiger partial charge in [0, 0.05) is 7.05 Å². The molecule has 3 heterocycles.